The summed E-state index contributed by atoms with van der Waals surface area (Å²) >= 11 is 6.46. The van der Waals surface area contributed by atoms with Crippen LogP contribution in [0, 0.1) is 0 Å². The number of nitrogens with zero attached hydrogens (tertiary/aromatic N) is 5. The van der Waals surface area contributed by atoms with E-state index < -0.39 is 0 Å². The molecular weight excluding hydrogens is 532 g/mol. The number of halogens is 1. The van der Waals surface area contributed by atoms with Crippen LogP contribution >= 0.6 is 11.6 Å². The minimum atomic E-state index is -0.334. The van der Waals surface area contributed by atoms with Gasteiger partial charge >= 0.3 is 6.03 Å². The Bertz CT molecular complexity index is 1190. The van der Waals surface area contributed by atoms with Gasteiger partial charge in [0.2, 0.25) is 11.8 Å². The van der Waals surface area contributed by atoms with E-state index in [0.717, 1.165) is 29.9 Å². The van der Waals surface area contributed by atoms with Gasteiger partial charge in [0.15, 0.2) is 0 Å². The number of morpholine rings is 1. The van der Waals surface area contributed by atoms with Gasteiger partial charge in [-0.1, -0.05) is 54.1 Å². The number of benzene rings is 2. The molecule has 4 amide bonds. The summed E-state index contributed by atoms with van der Waals surface area (Å²) in [5.41, 5.74) is 2.91. The van der Waals surface area contributed by atoms with Gasteiger partial charge in [0.05, 0.1) is 37.0 Å². The molecule has 0 aliphatic carbocycles. The number of hydrogen-bond donors (Lipinski definition) is 1. The van der Waals surface area contributed by atoms with Crippen molar-refractivity contribution in [3.05, 3.63) is 77.3 Å². The number of carbonyl (C=O) groups is 3. The zero-order valence-corrected chi connectivity index (χ0v) is 23.7. The van der Waals surface area contributed by atoms with Crippen LogP contribution in [-0.2, 0) is 27.4 Å². The molecule has 11 heteroatoms. The van der Waals surface area contributed by atoms with Gasteiger partial charge in [0, 0.05) is 52.9 Å². The summed E-state index contributed by atoms with van der Waals surface area (Å²) in [6, 6.07) is 15.1. The van der Waals surface area contributed by atoms with E-state index in [2.05, 4.69) is 16.8 Å². The topological polar surface area (TPSA) is 88.7 Å². The molecule has 4 rings (SSSR count). The zero-order chi connectivity index (χ0) is 28.5. The molecule has 0 atom stereocenters. The van der Waals surface area contributed by atoms with Crippen LogP contribution in [0.25, 0.3) is 0 Å². The van der Waals surface area contributed by atoms with Gasteiger partial charge in [-0.2, -0.15) is 0 Å². The van der Waals surface area contributed by atoms with Crippen molar-refractivity contribution >= 4 is 35.1 Å². The van der Waals surface area contributed by atoms with Crippen LogP contribution in [0.1, 0.15) is 11.1 Å². The molecule has 0 saturated carbocycles. The molecule has 0 spiro atoms. The molecule has 214 valence electrons. The predicted molar refractivity (Wildman–Crippen MR) is 155 cm³/mol. The summed E-state index contributed by atoms with van der Waals surface area (Å²) in [7, 11) is 1.61. The molecule has 2 fully saturated rings. The van der Waals surface area contributed by atoms with Crippen LogP contribution in [0.2, 0.25) is 5.02 Å². The Kier molecular flexibility index (Phi) is 10.4. The minimum absolute atomic E-state index is 0.00537. The lowest BCUT2D eigenvalue weighted by Gasteiger charge is -2.37. The molecule has 0 radical (unpaired) electrons. The van der Waals surface area contributed by atoms with Gasteiger partial charge in [-0.3, -0.25) is 14.6 Å². The summed E-state index contributed by atoms with van der Waals surface area (Å²) in [5, 5.41) is 6.53. The average Bonchev–Trinajstić information content (AvgIpc) is 2.98. The number of urea groups is 1. The second kappa shape index (κ2) is 14.2. The van der Waals surface area contributed by atoms with E-state index in [1.165, 1.54) is 5.01 Å². The van der Waals surface area contributed by atoms with E-state index in [1.54, 1.807) is 27.9 Å². The number of carbonyl (C=O) groups excluding carboxylic acids is 3. The van der Waals surface area contributed by atoms with Gasteiger partial charge in [-0.15, -0.1) is 6.58 Å². The lowest BCUT2D eigenvalue weighted by molar-refractivity contribution is -0.147. The molecule has 40 heavy (non-hydrogen) atoms. The monoisotopic (exact) mass is 568 g/mol. The third kappa shape index (κ3) is 7.74. The Morgan fingerprint density at radius 1 is 1.07 bits per heavy atom. The Balaban J connectivity index is 1.30. The maximum atomic E-state index is 13.1. The summed E-state index contributed by atoms with van der Waals surface area (Å²) in [6.45, 7) is 8.54. The fourth-order valence-corrected chi connectivity index (χ4v) is 4.96. The maximum absolute atomic E-state index is 13.1. The van der Waals surface area contributed by atoms with Crippen molar-refractivity contribution in [2.75, 3.05) is 71.0 Å². The van der Waals surface area contributed by atoms with Crippen molar-refractivity contribution in [3.63, 3.8) is 0 Å². The first-order valence-electron chi connectivity index (χ1n) is 13.4. The van der Waals surface area contributed by atoms with Crippen LogP contribution in [0.15, 0.2) is 61.2 Å². The summed E-state index contributed by atoms with van der Waals surface area (Å²) in [6.07, 6.45) is 1.63. The SMILES string of the molecule is C=CCN(CC(=O)N1CCN(Cc2ccc(Cl)c(N3CCOCC3)c2)C(=O)C1)N(C)C(=O)NCc1ccccc1. The van der Waals surface area contributed by atoms with Crippen LogP contribution < -0.4 is 10.2 Å². The molecule has 10 nitrogen and oxygen atoms in total. The van der Waals surface area contributed by atoms with Gasteiger partial charge < -0.3 is 24.8 Å². The van der Waals surface area contributed by atoms with Crippen molar-refractivity contribution in [2.24, 2.45) is 0 Å². The van der Waals surface area contributed by atoms with Crippen molar-refractivity contribution in [1.82, 2.24) is 25.1 Å². The molecule has 2 aromatic carbocycles. The normalized spacial score (nSPS) is 15.8. The molecule has 2 heterocycles. The van der Waals surface area contributed by atoms with Crippen LogP contribution in [-0.4, -0.2) is 104 Å². The van der Waals surface area contributed by atoms with Gasteiger partial charge in [-0.25, -0.2) is 9.80 Å². The van der Waals surface area contributed by atoms with E-state index in [-0.39, 0.29) is 30.9 Å². The average molecular weight is 569 g/mol. The second-order valence-corrected chi connectivity index (χ2v) is 10.2. The maximum Gasteiger partial charge on any atom is 0.331 e. The van der Waals surface area contributed by atoms with Crippen LogP contribution in [0.4, 0.5) is 10.5 Å². The van der Waals surface area contributed by atoms with Crippen LogP contribution in [0.3, 0.4) is 0 Å². The molecule has 0 bridgehead atoms. The number of hydrazine groups is 1. The van der Waals surface area contributed by atoms with Gasteiger partial charge in [0.25, 0.3) is 0 Å². The smallest absolute Gasteiger partial charge is 0.331 e. The fraction of sp³-hybridized carbons (Fsp3) is 0.414. The quantitative estimate of drug-likeness (QED) is 0.350. The minimum Gasteiger partial charge on any atom is -0.378 e. The van der Waals surface area contributed by atoms with E-state index >= 15 is 0 Å². The van der Waals surface area contributed by atoms with Gasteiger partial charge in [-0.05, 0) is 23.3 Å². The molecule has 2 aromatic rings. The number of anilines is 1. The summed E-state index contributed by atoms with van der Waals surface area (Å²) in [4.78, 5) is 44.4. The predicted octanol–water partition coefficient (Wildman–Crippen LogP) is 2.59. The first-order valence-corrected chi connectivity index (χ1v) is 13.8. The summed E-state index contributed by atoms with van der Waals surface area (Å²) in [5.74, 6) is -0.342. The Morgan fingerprint density at radius 2 is 1.82 bits per heavy atom. The van der Waals surface area contributed by atoms with E-state index in [4.69, 9.17) is 16.3 Å². The standard InChI is InChI=1S/C29H37ClN6O4/c1-3-11-36(32(2)29(39)31-19-23-7-5-4-6-8-23)22-28(38)35-13-12-34(27(37)21-35)20-24-9-10-25(30)26(18-24)33-14-16-40-17-15-33/h3-10,18H,1,11-17,19-22H2,2H3,(H,31,39). The highest BCUT2D eigenvalue weighted by atomic mass is 35.5. The lowest BCUT2D eigenvalue weighted by atomic mass is 10.1. The highest BCUT2D eigenvalue weighted by molar-refractivity contribution is 6.33. The van der Waals surface area contributed by atoms with Crippen molar-refractivity contribution in [2.45, 2.75) is 13.1 Å². The number of piperazine rings is 1. The van der Waals surface area contributed by atoms with E-state index in [1.807, 2.05) is 48.5 Å². The number of rotatable bonds is 10. The summed E-state index contributed by atoms with van der Waals surface area (Å²) < 4.78 is 5.45. The molecule has 2 saturated heterocycles. The van der Waals surface area contributed by atoms with Crippen molar-refractivity contribution in [1.29, 1.82) is 0 Å². The highest BCUT2D eigenvalue weighted by Crippen LogP contribution is 2.28. The molecule has 1 N–H and O–H groups in total. The zero-order valence-electron chi connectivity index (χ0n) is 22.9. The van der Waals surface area contributed by atoms with Crippen LogP contribution in [0.5, 0.6) is 0 Å². The number of hydrogen-bond acceptors (Lipinski definition) is 6. The van der Waals surface area contributed by atoms with Crippen molar-refractivity contribution < 1.29 is 19.1 Å². The molecule has 0 aromatic heterocycles. The Hall–Kier alpha value is -3.60. The molecule has 2 aliphatic heterocycles. The molecule has 2 aliphatic rings. The molecular formula is C29H37ClN6O4. The third-order valence-corrected chi connectivity index (χ3v) is 7.39. The molecule has 0 unspecified atom stereocenters. The first kappa shape index (κ1) is 29.4. The third-order valence-electron chi connectivity index (χ3n) is 7.07. The lowest BCUT2D eigenvalue weighted by Crippen LogP contribution is -2.56. The second-order valence-electron chi connectivity index (χ2n) is 9.82. The highest BCUT2D eigenvalue weighted by Gasteiger charge is 2.29. The largest absolute Gasteiger partial charge is 0.378 e. The Labute approximate surface area is 240 Å². The first-order chi connectivity index (χ1) is 19.4. The van der Waals surface area contributed by atoms with Crippen molar-refractivity contribution in [3.8, 4) is 0 Å². The van der Waals surface area contributed by atoms with E-state index in [9.17, 15) is 14.4 Å². The Morgan fingerprint density at radius 3 is 2.52 bits per heavy atom. The number of ether oxygens (including phenoxy) is 1. The number of amides is 4. The number of nitrogens with one attached hydrogen (secondary N) is 1. The van der Waals surface area contributed by atoms with Gasteiger partial charge in [0.1, 0.15) is 0 Å². The van der Waals surface area contributed by atoms with E-state index in [0.29, 0.717) is 51.0 Å². The fourth-order valence-electron chi connectivity index (χ4n) is 4.73.